The Hall–Kier alpha value is -2.49. The predicted octanol–water partition coefficient (Wildman–Crippen LogP) is 4.31. The van der Waals surface area contributed by atoms with Crippen molar-refractivity contribution in [1.82, 2.24) is 4.98 Å². The van der Waals surface area contributed by atoms with Crippen molar-refractivity contribution in [3.63, 3.8) is 0 Å². The number of aliphatic carboxylic acids is 1. The number of benzene rings is 1. The van der Waals surface area contributed by atoms with Gasteiger partial charge in [-0.3, -0.25) is 14.6 Å². The number of hydrogen-bond donors (Lipinski definition) is 1. The number of allylic oxidation sites excluding steroid dienone is 1. The molecule has 1 heterocycles. The summed E-state index contributed by atoms with van der Waals surface area (Å²) in [4.78, 5) is 27.3. The summed E-state index contributed by atoms with van der Waals surface area (Å²) in [6.07, 6.45) is 4.09. The monoisotopic (exact) mass is 325 g/mol. The van der Waals surface area contributed by atoms with Gasteiger partial charge in [-0.1, -0.05) is 45.9 Å². The number of nitrogens with zero attached hydrogens (tertiary/aromatic N) is 1. The molecule has 1 aromatic carbocycles. The van der Waals surface area contributed by atoms with E-state index in [1.165, 1.54) is 6.08 Å². The first-order chi connectivity index (χ1) is 11.3. The average Bonchev–Trinajstić information content (AvgIpc) is 2.54. The smallest absolute Gasteiger partial charge is 0.314 e. The standard InChI is InChI=1S/C20H23NO3/c1-12(2)16-7-15-6-5-14(9-19(15)21-10-16)18(20(23)24)8-17(11-22)13(3)4/h5-13,18H,1-4H3,(H,23,24). The third-order valence-corrected chi connectivity index (χ3v) is 4.18. The van der Waals surface area contributed by atoms with Gasteiger partial charge < -0.3 is 5.11 Å². The number of aromatic nitrogens is 1. The summed E-state index contributed by atoms with van der Waals surface area (Å²) in [6, 6.07) is 7.56. The van der Waals surface area contributed by atoms with Crippen LogP contribution in [0, 0.1) is 5.92 Å². The first kappa shape index (κ1) is 17.9. The van der Waals surface area contributed by atoms with Crippen LogP contribution >= 0.6 is 0 Å². The number of aldehydes is 1. The van der Waals surface area contributed by atoms with Crippen molar-refractivity contribution in [1.29, 1.82) is 0 Å². The van der Waals surface area contributed by atoms with Gasteiger partial charge in [0, 0.05) is 11.6 Å². The molecule has 1 N–H and O–H groups in total. The lowest BCUT2D eigenvalue weighted by atomic mass is 9.92. The normalized spacial score (nSPS) is 13.5. The van der Waals surface area contributed by atoms with Crippen molar-refractivity contribution in [2.45, 2.75) is 39.5 Å². The van der Waals surface area contributed by atoms with Gasteiger partial charge in [-0.25, -0.2) is 0 Å². The summed E-state index contributed by atoms with van der Waals surface area (Å²) in [5, 5.41) is 10.5. The van der Waals surface area contributed by atoms with E-state index >= 15 is 0 Å². The first-order valence-corrected chi connectivity index (χ1v) is 8.12. The van der Waals surface area contributed by atoms with Crippen LogP contribution in [0.15, 0.2) is 42.1 Å². The Morgan fingerprint density at radius 1 is 1.12 bits per heavy atom. The van der Waals surface area contributed by atoms with Crippen molar-refractivity contribution in [3.05, 3.63) is 53.2 Å². The highest BCUT2D eigenvalue weighted by molar-refractivity contribution is 5.85. The molecule has 24 heavy (non-hydrogen) atoms. The maximum absolute atomic E-state index is 11.7. The average molecular weight is 325 g/mol. The van der Waals surface area contributed by atoms with Crippen LogP contribution in [-0.2, 0) is 9.59 Å². The van der Waals surface area contributed by atoms with Crippen molar-refractivity contribution < 1.29 is 14.7 Å². The lowest BCUT2D eigenvalue weighted by molar-refractivity contribution is -0.137. The highest BCUT2D eigenvalue weighted by Gasteiger charge is 2.19. The van der Waals surface area contributed by atoms with E-state index in [4.69, 9.17) is 0 Å². The van der Waals surface area contributed by atoms with Crippen molar-refractivity contribution >= 4 is 23.2 Å². The van der Waals surface area contributed by atoms with Crippen LogP contribution in [0.1, 0.15) is 50.7 Å². The Kier molecular flexibility index (Phi) is 5.50. The molecule has 0 spiro atoms. The lowest BCUT2D eigenvalue weighted by Crippen LogP contribution is -2.11. The van der Waals surface area contributed by atoms with E-state index in [9.17, 15) is 14.7 Å². The molecular formula is C20H23NO3. The third-order valence-electron chi connectivity index (χ3n) is 4.18. The summed E-state index contributed by atoms with van der Waals surface area (Å²) >= 11 is 0. The maximum Gasteiger partial charge on any atom is 0.314 e. The Balaban J connectivity index is 2.50. The fourth-order valence-electron chi connectivity index (χ4n) is 2.54. The minimum atomic E-state index is -0.979. The quantitative estimate of drug-likeness (QED) is 0.635. The van der Waals surface area contributed by atoms with Gasteiger partial charge in [0.05, 0.1) is 5.52 Å². The van der Waals surface area contributed by atoms with E-state index < -0.39 is 11.9 Å². The van der Waals surface area contributed by atoms with E-state index in [1.807, 2.05) is 26.1 Å². The van der Waals surface area contributed by atoms with E-state index in [1.54, 1.807) is 12.1 Å². The van der Waals surface area contributed by atoms with Crippen LogP contribution in [0.3, 0.4) is 0 Å². The van der Waals surface area contributed by atoms with Gasteiger partial charge in [0.25, 0.3) is 0 Å². The van der Waals surface area contributed by atoms with Gasteiger partial charge in [0.1, 0.15) is 12.2 Å². The largest absolute Gasteiger partial charge is 0.481 e. The molecule has 126 valence electrons. The molecule has 1 unspecified atom stereocenters. The molecule has 1 aromatic heterocycles. The molecular weight excluding hydrogens is 302 g/mol. The topological polar surface area (TPSA) is 67.3 Å². The van der Waals surface area contributed by atoms with Crippen LogP contribution in [0.5, 0.6) is 0 Å². The second-order valence-corrected chi connectivity index (χ2v) is 6.63. The van der Waals surface area contributed by atoms with Gasteiger partial charge in [-0.15, -0.1) is 0 Å². The molecule has 0 amide bonds. The zero-order chi connectivity index (χ0) is 17.9. The Labute approximate surface area is 142 Å². The molecule has 0 bridgehead atoms. The number of carboxylic acids is 1. The van der Waals surface area contributed by atoms with Gasteiger partial charge in [0.2, 0.25) is 0 Å². The van der Waals surface area contributed by atoms with Crippen LogP contribution in [0.4, 0.5) is 0 Å². The maximum atomic E-state index is 11.7. The van der Waals surface area contributed by atoms with Gasteiger partial charge in [0.15, 0.2) is 0 Å². The number of carbonyl (C=O) groups excluding carboxylic acids is 1. The Morgan fingerprint density at radius 3 is 2.38 bits per heavy atom. The molecule has 2 aromatic rings. The zero-order valence-electron chi connectivity index (χ0n) is 14.5. The zero-order valence-corrected chi connectivity index (χ0v) is 14.5. The molecule has 0 fully saturated rings. The molecule has 1 atom stereocenters. The minimum Gasteiger partial charge on any atom is -0.481 e. The third kappa shape index (κ3) is 3.88. The van der Waals surface area contributed by atoms with E-state index in [-0.39, 0.29) is 5.92 Å². The fourth-order valence-corrected chi connectivity index (χ4v) is 2.54. The molecule has 4 heteroatoms. The van der Waals surface area contributed by atoms with Gasteiger partial charge >= 0.3 is 5.97 Å². The predicted molar refractivity (Wildman–Crippen MR) is 95.2 cm³/mol. The van der Waals surface area contributed by atoms with E-state index in [2.05, 4.69) is 24.9 Å². The van der Waals surface area contributed by atoms with Crippen molar-refractivity contribution in [3.8, 4) is 0 Å². The van der Waals surface area contributed by atoms with Crippen molar-refractivity contribution in [2.75, 3.05) is 0 Å². The van der Waals surface area contributed by atoms with Crippen LogP contribution in [0.2, 0.25) is 0 Å². The second-order valence-electron chi connectivity index (χ2n) is 6.63. The van der Waals surface area contributed by atoms with Gasteiger partial charge in [-0.2, -0.15) is 0 Å². The molecule has 2 rings (SSSR count). The summed E-state index contributed by atoms with van der Waals surface area (Å²) in [7, 11) is 0. The minimum absolute atomic E-state index is 0.0171. The van der Waals surface area contributed by atoms with Crippen LogP contribution < -0.4 is 0 Å². The molecule has 0 saturated heterocycles. The Morgan fingerprint density at radius 2 is 1.83 bits per heavy atom. The summed E-state index contributed by atoms with van der Waals surface area (Å²) in [5.41, 5.74) is 3.02. The molecule has 0 saturated carbocycles. The van der Waals surface area contributed by atoms with Gasteiger partial charge in [-0.05, 0) is 40.7 Å². The van der Waals surface area contributed by atoms with Crippen molar-refractivity contribution in [2.24, 2.45) is 5.92 Å². The molecule has 0 radical (unpaired) electrons. The summed E-state index contributed by atoms with van der Waals surface area (Å²) < 4.78 is 0. The van der Waals surface area contributed by atoms with Crippen LogP contribution in [0.25, 0.3) is 10.9 Å². The second kappa shape index (κ2) is 7.39. The van der Waals surface area contributed by atoms with E-state index in [0.29, 0.717) is 17.1 Å². The molecule has 0 aliphatic rings. The molecule has 0 aliphatic heterocycles. The number of carboxylic acid groups (broad SMARTS) is 1. The first-order valence-electron chi connectivity index (χ1n) is 8.12. The Bertz CT molecular complexity index is 791. The SMILES string of the molecule is CC(C)C(C=O)=CC(C(=O)O)c1ccc2cc(C(C)C)cnc2c1. The number of hydrogen-bond acceptors (Lipinski definition) is 3. The molecule has 4 nitrogen and oxygen atoms in total. The van der Waals surface area contributed by atoms with E-state index in [0.717, 1.165) is 22.8 Å². The number of pyridine rings is 1. The highest BCUT2D eigenvalue weighted by Crippen LogP contribution is 2.26. The fraction of sp³-hybridized carbons (Fsp3) is 0.350. The summed E-state index contributed by atoms with van der Waals surface area (Å²) in [5.74, 6) is -1.47. The summed E-state index contributed by atoms with van der Waals surface area (Å²) in [6.45, 7) is 7.95. The number of carbonyl (C=O) groups is 2. The number of fused-ring (bicyclic) bond motifs is 1. The highest BCUT2D eigenvalue weighted by atomic mass is 16.4. The number of rotatable bonds is 6. The lowest BCUT2D eigenvalue weighted by Gasteiger charge is -2.13. The molecule has 0 aliphatic carbocycles. The van der Waals surface area contributed by atoms with Crippen LogP contribution in [-0.4, -0.2) is 22.3 Å².